The summed E-state index contributed by atoms with van der Waals surface area (Å²) in [5.74, 6) is 0.0289. The number of hydrogen-bond acceptors (Lipinski definition) is 4. The Morgan fingerprint density at radius 2 is 1.85 bits per heavy atom. The second-order valence-electron chi connectivity index (χ2n) is 10.8. The number of carbonyl (C=O) groups excluding carboxylic acids is 1. The van der Waals surface area contributed by atoms with Gasteiger partial charge in [0.05, 0.1) is 11.2 Å². The summed E-state index contributed by atoms with van der Waals surface area (Å²) >= 11 is 0. The lowest BCUT2D eigenvalue weighted by Crippen LogP contribution is -2.27. The first-order chi connectivity index (χ1) is 19.0. The fourth-order valence-corrected chi connectivity index (χ4v) is 5.56. The smallest absolute Gasteiger partial charge is 0.490 e. The Morgan fingerprint density at radius 1 is 1.10 bits per heavy atom. The van der Waals surface area contributed by atoms with E-state index in [0.717, 1.165) is 48.2 Å². The number of ether oxygens (including phenoxy) is 3. The van der Waals surface area contributed by atoms with Crippen LogP contribution in [0.5, 0.6) is 11.5 Å². The first-order valence-electron chi connectivity index (χ1n) is 14.0. The zero-order valence-electron chi connectivity index (χ0n) is 23.6. The van der Waals surface area contributed by atoms with Gasteiger partial charge in [0.15, 0.2) is 0 Å². The molecule has 0 saturated heterocycles. The van der Waals surface area contributed by atoms with Crippen LogP contribution in [-0.4, -0.2) is 29.1 Å². The van der Waals surface area contributed by atoms with Crippen LogP contribution >= 0.6 is 0 Å². The number of unbranched alkanes of at least 4 members (excludes halogenated alkanes) is 2. The third-order valence-corrected chi connectivity index (χ3v) is 7.58. The van der Waals surface area contributed by atoms with E-state index in [1.807, 2.05) is 55.7 Å². The SMILES string of the molecule is C=CC(=O)OC1CCC(Oc2ccc3cc(-c4ccc(CCCCC)cc4OC(F)(F)F)n(C(C)C)c3c2)C1C. The van der Waals surface area contributed by atoms with Crippen molar-refractivity contribution < 1.29 is 32.2 Å². The van der Waals surface area contributed by atoms with Crippen LogP contribution in [-0.2, 0) is 16.0 Å². The van der Waals surface area contributed by atoms with E-state index in [9.17, 15) is 18.0 Å². The number of nitrogens with zero attached hydrogens (tertiary/aromatic N) is 1. The summed E-state index contributed by atoms with van der Waals surface area (Å²) in [6, 6.07) is 12.7. The highest BCUT2D eigenvalue weighted by Crippen LogP contribution is 2.41. The number of halogens is 3. The monoisotopic (exact) mass is 557 g/mol. The molecule has 3 atom stereocenters. The fourth-order valence-electron chi connectivity index (χ4n) is 5.56. The van der Waals surface area contributed by atoms with E-state index >= 15 is 0 Å². The Labute approximate surface area is 233 Å². The Kier molecular flexibility index (Phi) is 9.16. The van der Waals surface area contributed by atoms with Gasteiger partial charge in [-0.1, -0.05) is 39.3 Å². The maximum atomic E-state index is 13.5. The molecule has 1 aliphatic rings. The normalized spacial score (nSPS) is 19.2. The third-order valence-electron chi connectivity index (χ3n) is 7.58. The molecule has 1 aliphatic carbocycles. The number of aromatic nitrogens is 1. The molecule has 0 bridgehead atoms. The molecule has 0 spiro atoms. The van der Waals surface area contributed by atoms with Gasteiger partial charge in [0.1, 0.15) is 23.7 Å². The second-order valence-corrected chi connectivity index (χ2v) is 10.8. The van der Waals surface area contributed by atoms with Crippen LogP contribution in [0.2, 0.25) is 0 Å². The molecule has 2 aromatic carbocycles. The maximum Gasteiger partial charge on any atom is 0.573 e. The van der Waals surface area contributed by atoms with Crippen molar-refractivity contribution in [2.45, 2.75) is 90.8 Å². The number of hydrogen-bond donors (Lipinski definition) is 0. The molecular weight excluding hydrogens is 519 g/mol. The molecule has 40 heavy (non-hydrogen) atoms. The lowest BCUT2D eigenvalue weighted by atomic mass is 10.0. The average molecular weight is 558 g/mol. The van der Waals surface area contributed by atoms with E-state index in [1.165, 1.54) is 6.07 Å². The van der Waals surface area contributed by atoms with Crippen molar-refractivity contribution in [3.63, 3.8) is 0 Å². The topological polar surface area (TPSA) is 49.7 Å². The first-order valence-corrected chi connectivity index (χ1v) is 14.0. The van der Waals surface area contributed by atoms with Crippen LogP contribution in [0.1, 0.15) is 71.4 Å². The van der Waals surface area contributed by atoms with E-state index in [2.05, 4.69) is 18.2 Å². The number of fused-ring (bicyclic) bond motifs is 1. The molecule has 1 aromatic heterocycles. The van der Waals surface area contributed by atoms with Crippen LogP contribution in [0.15, 0.2) is 55.1 Å². The van der Waals surface area contributed by atoms with E-state index in [1.54, 1.807) is 6.07 Å². The van der Waals surface area contributed by atoms with Crippen LogP contribution < -0.4 is 9.47 Å². The predicted octanol–water partition coefficient (Wildman–Crippen LogP) is 8.80. The molecular formula is C32H38F3NO4. The van der Waals surface area contributed by atoms with Gasteiger partial charge in [-0.15, -0.1) is 13.2 Å². The fraction of sp³-hybridized carbons (Fsp3) is 0.469. The number of aryl methyl sites for hydroxylation is 1. The summed E-state index contributed by atoms with van der Waals surface area (Å²) in [5, 5.41) is 0.887. The molecule has 3 aromatic rings. The van der Waals surface area contributed by atoms with Crippen molar-refractivity contribution in [2.24, 2.45) is 5.92 Å². The minimum atomic E-state index is -4.80. The van der Waals surface area contributed by atoms with Gasteiger partial charge < -0.3 is 18.8 Å². The number of esters is 1. The Bertz CT molecular complexity index is 1340. The summed E-state index contributed by atoms with van der Waals surface area (Å²) in [4.78, 5) is 11.7. The van der Waals surface area contributed by atoms with Gasteiger partial charge in [-0.3, -0.25) is 0 Å². The van der Waals surface area contributed by atoms with Gasteiger partial charge in [0.2, 0.25) is 0 Å². The molecule has 0 radical (unpaired) electrons. The Balaban J connectivity index is 1.68. The Hall–Kier alpha value is -3.42. The summed E-state index contributed by atoms with van der Waals surface area (Å²) in [6.45, 7) is 11.5. The van der Waals surface area contributed by atoms with Gasteiger partial charge in [-0.2, -0.15) is 0 Å². The molecule has 5 nitrogen and oxygen atoms in total. The number of benzene rings is 2. The van der Waals surface area contributed by atoms with Gasteiger partial charge in [-0.25, -0.2) is 4.79 Å². The maximum absolute atomic E-state index is 13.5. The zero-order valence-corrected chi connectivity index (χ0v) is 23.6. The summed E-state index contributed by atoms with van der Waals surface area (Å²) in [7, 11) is 0. The summed E-state index contributed by atoms with van der Waals surface area (Å²) in [6.07, 6.45) is 1.11. The van der Waals surface area contributed by atoms with Crippen molar-refractivity contribution in [3.8, 4) is 22.8 Å². The quantitative estimate of drug-likeness (QED) is 0.134. The molecule has 1 heterocycles. The minimum absolute atomic E-state index is 0.00459. The molecule has 0 N–H and O–H groups in total. The number of carbonyl (C=O) groups is 1. The second kappa shape index (κ2) is 12.4. The molecule has 3 unspecified atom stereocenters. The van der Waals surface area contributed by atoms with Crippen LogP contribution in [0.4, 0.5) is 13.2 Å². The standard InChI is InChI=1S/C32H38F3NO4/c1-6-8-9-10-22-11-14-25(30(17-22)40-32(33,34)35)27-18-23-12-13-24(19-26(23)36(27)20(3)4)38-28-15-16-29(21(28)5)39-31(37)7-2/h7,11-14,17-21,28-29H,2,6,8-10,15-16H2,1,3-5H3. The summed E-state index contributed by atoms with van der Waals surface area (Å²) < 4.78 is 58.7. The first kappa shape index (κ1) is 29.6. The lowest BCUT2D eigenvalue weighted by Gasteiger charge is -2.22. The Morgan fingerprint density at radius 3 is 2.52 bits per heavy atom. The van der Waals surface area contributed by atoms with Crippen molar-refractivity contribution in [1.82, 2.24) is 4.57 Å². The zero-order chi connectivity index (χ0) is 29.0. The van der Waals surface area contributed by atoms with E-state index in [4.69, 9.17) is 9.47 Å². The van der Waals surface area contributed by atoms with E-state index < -0.39 is 12.3 Å². The molecule has 1 saturated carbocycles. The van der Waals surface area contributed by atoms with E-state index in [-0.39, 0.29) is 29.9 Å². The molecule has 0 aliphatic heterocycles. The van der Waals surface area contributed by atoms with Crippen LogP contribution in [0.3, 0.4) is 0 Å². The highest BCUT2D eigenvalue weighted by molar-refractivity contribution is 5.89. The molecule has 0 amide bonds. The molecule has 1 fully saturated rings. The third kappa shape index (κ3) is 6.83. The largest absolute Gasteiger partial charge is 0.573 e. The van der Waals surface area contributed by atoms with Crippen LogP contribution in [0, 0.1) is 5.92 Å². The molecule has 8 heteroatoms. The van der Waals surface area contributed by atoms with Crippen molar-refractivity contribution in [1.29, 1.82) is 0 Å². The minimum Gasteiger partial charge on any atom is -0.490 e. The lowest BCUT2D eigenvalue weighted by molar-refractivity contribution is -0.274. The summed E-state index contributed by atoms with van der Waals surface area (Å²) in [5.41, 5.74) is 2.71. The van der Waals surface area contributed by atoms with E-state index in [0.29, 0.717) is 29.8 Å². The van der Waals surface area contributed by atoms with Crippen molar-refractivity contribution in [3.05, 3.63) is 60.7 Å². The highest BCUT2D eigenvalue weighted by Gasteiger charge is 2.37. The van der Waals surface area contributed by atoms with Gasteiger partial charge in [-0.05, 0) is 75.4 Å². The van der Waals surface area contributed by atoms with Gasteiger partial charge in [0, 0.05) is 35.1 Å². The van der Waals surface area contributed by atoms with Crippen LogP contribution in [0.25, 0.3) is 22.2 Å². The average Bonchev–Trinajstić information content (AvgIpc) is 3.43. The van der Waals surface area contributed by atoms with Gasteiger partial charge in [0.25, 0.3) is 0 Å². The number of alkyl halides is 3. The van der Waals surface area contributed by atoms with Gasteiger partial charge >= 0.3 is 12.3 Å². The highest BCUT2D eigenvalue weighted by atomic mass is 19.4. The predicted molar refractivity (Wildman–Crippen MR) is 151 cm³/mol. The number of rotatable bonds is 11. The van der Waals surface area contributed by atoms with Crippen molar-refractivity contribution >= 4 is 16.9 Å². The molecule has 216 valence electrons. The van der Waals surface area contributed by atoms with Crippen molar-refractivity contribution in [2.75, 3.05) is 0 Å². The molecule has 4 rings (SSSR count).